The van der Waals surface area contributed by atoms with Gasteiger partial charge in [0.15, 0.2) is 0 Å². The first-order valence-electron chi connectivity index (χ1n) is 8.47. The van der Waals surface area contributed by atoms with E-state index < -0.39 is 18.0 Å². The highest BCUT2D eigenvalue weighted by Crippen LogP contribution is 2.17. The standard InChI is InChI=1S/C19H20N4O4/c1-27-15-4-2-14(3-5-15)12-23-18(25)16(22-19(23)26)10-17(24)21-11-13-6-8-20-9-7-13/h2-9,16H,10-12H2,1H3,(H,21,24)(H,22,26)/t16-/m1/s1. The van der Waals surface area contributed by atoms with Crippen LogP contribution >= 0.6 is 0 Å². The maximum atomic E-state index is 12.5. The average Bonchev–Trinajstić information content (AvgIpc) is 2.95. The number of amides is 4. The highest BCUT2D eigenvalue weighted by atomic mass is 16.5. The number of ether oxygens (including phenoxy) is 1. The SMILES string of the molecule is COc1ccc(CN2C(=O)N[C@H](CC(=O)NCc3ccncc3)C2=O)cc1. The lowest BCUT2D eigenvalue weighted by atomic mass is 10.1. The van der Waals surface area contributed by atoms with Gasteiger partial charge in [-0.1, -0.05) is 12.1 Å². The number of nitrogens with zero attached hydrogens (tertiary/aromatic N) is 2. The van der Waals surface area contributed by atoms with Crippen LogP contribution in [0, 0.1) is 0 Å². The van der Waals surface area contributed by atoms with Gasteiger partial charge in [0.25, 0.3) is 5.91 Å². The highest BCUT2D eigenvalue weighted by Gasteiger charge is 2.38. The summed E-state index contributed by atoms with van der Waals surface area (Å²) in [5.41, 5.74) is 1.70. The Morgan fingerprint density at radius 2 is 1.85 bits per heavy atom. The number of methoxy groups -OCH3 is 1. The van der Waals surface area contributed by atoms with E-state index in [1.165, 1.54) is 0 Å². The second kappa shape index (κ2) is 8.31. The summed E-state index contributed by atoms with van der Waals surface area (Å²) >= 11 is 0. The van der Waals surface area contributed by atoms with Crippen molar-refractivity contribution in [3.05, 3.63) is 59.9 Å². The average molecular weight is 368 g/mol. The van der Waals surface area contributed by atoms with Crippen molar-refractivity contribution < 1.29 is 19.1 Å². The first-order chi connectivity index (χ1) is 13.1. The molecule has 0 bridgehead atoms. The molecule has 1 aliphatic rings. The van der Waals surface area contributed by atoms with Gasteiger partial charge in [-0.15, -0.1) is 0 Å². The molecule has 0 radical (unpaired) electrons. The Hall–Kier alpha value is -3.42. The van der Waals surface area contributed by atoms with Crippen molar-refractivity contribution in [1.29, 1.82) is 0 Å². The largest absolute Gasteiger partial charge is 0.497 e. The Kier molecular flexibility index (Phi) is 5.65. The number of hydrogen-bond donors (Lipinski definition) is 2. The van der Waals surface area contributed by atoms with E-state index in [0.29, 0.717) is 12.3 Å². The zero-order chi connectivity index (χ0) is 19.2. The number of nitrogens with one attached hydrogen (secondary N) is 2. The number of rotatable bonds is 7. The Morgan fingerprint density at radius 1 is 1.15 bits per heavy atom. The van der Waals surface area contributed by atoms with Gasteiger partial charge < -0.3 is 15.4 Å². The highest BCUT2D eigenvalue weighted by molar-refractivity contribution is 6.05. The molecule has 0 spiro atoms. The summed E-state index contributed by atoms with van der Waals surface area (Å²) in [4.78, 5) is 41.7. The first kappa shape index (κ1) is 18.4. The number of urea groups is 1. The van der Waals surface area contributed by atoms with Gasteiger partial charge in [-0.05, 0) is 35.4 Å². The van der Waals surface area contributed by atoms with Crippen molar-refractivity contribution in [2.75, 3.05) is 7.11 Å². The molecule has 140 valence electrons. The van der Waals surface area contributed by atoms with Crippen LogP contribution in [0.2, 0.25) is 0 Å². The van der Waals surface area contributed by atoms with Crippen LogP contribution < -0.4 is 15.4 Å². The van der Waals surface area contributed by atoms with Crippen LogP contribution in [0.25, 0.3) is 0 Å². The van der Waals surface area contributed by atoms with Crippen LogP contribution in [-0.2, 0) is 22.7 Å². The van der Waals surface area contributed by atoms with Crippen LogP contribution in [-0.4, -0.2) is 40.9 Å². The van der Waals surface area contributed by atoms with Crippen LogP contribution in [0.1, 0.15) is 17.5 Å². The van der Waals surface area contributed by atoms with E-state index in [2.05, 4.69) is 15.6 Å². The molecular weight excluding hydrogens is 348 g/mol. The number of carbonyl (C=O) groups is 3. The molecule has 4 amide bonds. The monoisotopic (exact) mass is 368 g/mol. The number of imide groups is 1. The summed E-state index contributed by atoms with van der Waals surface area (Å²) in [6, 6.07) is 9.33. The number of aromatic nitrogens is 1. The summed E-state index contributed by atoms with van der Waals surface area (Å²) in [6.45, 7) is 0.482. The fraction of sp³-hybridized carbons (Fsp3) is 0.263. The van der Waals surface area contributed by atoms with Crippen molar-refractivity contribution in [3.8, 4) is 5.75 Å². The molecule has 0 unspecified atom stereocenters. The molecule has 8 heteroatoms. The van der Waals surface area contributed by atoms with Gasteiger partial charge in [0.2, 0.25) is 5.91 Å². The lowest BCUT2D eigenvalue weighted by Gasteiger charge is -2.13. The third-order valence-electron chi connectivity index (χ3n) is 4.24. The van der Waals surface area contributed by atoms with Crippen molar-refractivity contribution in [3.63, 3.8) is 0 Å². The quantitative estimate of drug-likeness (QED) is 0.716. The molecule has 0 saturated carbocycles. The zero-order valence-corrected chi connectivity index (χ0v) is 14.8. The molecule has 27 heavy (non-hydrogen) atoms. The van der Waals surface area contributed by atoms with Gasteiger partial charge >= 0.3 is 6.03 Å². The van der Waals surface area contributed by atoms with Crippen LogP contribution in [0.5, 0.6) is 5.75 Å². The molecule has 1 atom stereocenters. The van der Waals surface area contributed by atoms with E-state index in [1.54, 1.807) is 55.9 Å². The van der Waals surface area contributed by atoms with Gasteiger partial charge in [-0.2, -0.15) is 0 Å². The van der Waals surface area contributed by atoms with Crippen molar-refractivity contribution >= 4 is 17.8 Å². The van der Waals surface area contributed by atoms with Crippen LogP contribution in [0.3, 0.4) is 0 Å². The van der Waals surface area contributed by atoms with Gasteiger partial charge in [-0.3, -0.25) is 19.5 Å². The molecule has 2 aromatic rings. The number of pyridine rings is 1. The number of carbonyl (C=O) groups excluding carboxylic acids is 3. The molecular formula is C19H20N4O4. The molecule has 1 fully saturated rings. The van der Waals surface area contributed by atoms with E-state index in [4.69, 9.17) is 4.74 Å². The molecule has 1 aromatic carbocycles. The Labute approximate surface area is 156 Å². The first-order valence-corrected chi connectivity index (χ1v) is 8.47. The van der Waals surface area contributed by atoms with E-state index >= 15 is 0 Å². The summed E-state index contributed by atoms with van der Waals surface area (Å²) < 4.78 is 5.09. The Bertz CT molecular complexity index is 823. The van der Waals surface area contributed by atoms with Crippen molar-refractivity contribution in [2.45, 2.75) is 25.6 Å². The van der Waals surface area contributed by atoms with E-state index in [1.807, 2.05) is 0 Å². The zero-order valence-electron chi connectivity index (χ0n) is 14.8. The molecule has 8 nitrogen and oxygen atoms in total. The van der Waals surface area contributed by atoms with Crippen LogP contribution in [0.15, 0.2) is 48.8 Å². The predicted octanol–water partition coefficient (Wildman–Crippen LogP) is 1.22. The summed E-state index contributed by atoms with van der Waals surface area (Å²) in [5.74, 6) is -0.0219. The number of benzene rings is 1. The van der Waals surface area contributed by atoms with E-state index in [0.717, 1.165) is 16.0 Å². The fourth-order valence-corrected chi connectivity index (χ4v) is 2.74. The second-order valence-electron chi connectivity index (χ2n) is 6.11. The normalized spacial score (nSPS) is 16.2. The molecule has 2 N–H and O–H groups in total. The second-order valence-corrected chi connectivity index (χ2v) is 6.11. The fourth-order valence-electron chi connectivity index (χ4n) is 2.74. The van der Waals surface area contributed by atoms with Crippen molar-refractivity contribution in [2.24, 2.45) is 0 Å². The van der Waals surface area contributed by atoms with Crippen LogP contribution in [0.4, 0.5) is 4.79 Å². The Morgan fingerprint density at radius 3 is 2.52 bits per heavy atom. The molecule has 0 aliphatic carbocycles. The van der Waals surface area contributed by atoms with E-state index in [-0.39, 0.29) is 18.9 Å². The third kappa shape index (κ3) is 4.60. The predicted molar refractivity (Wildman–Crippen MR) is 96.6 cm³/mol. The third-order valence-corrected chi connectivity index (χ3v) is 4.24. The topological polar surface area (TPSA) is 101 Å². The minimum Gasteiger partial charge on any atom is -0.497 e. The maximum Gasteiger partial charge on any atom is 0.325 e. The van der Waals surface area contributed by atoms with Gasteiger partial charge in [0.05, 0.1) is 20.1 Å². The maximum absolute atomic E-state index is 12.5. The van der Waals surface area contributed by atoms with Crippen molar-refractivity contribution in [1.82, 2.24) is 20.5 Å². The Balaban J connectivity index is 1.54. The number of hydrogen-bond acceptors (Lipinski definition) is 5. The molecule has 3 rings (SSSR count). The lowest BCUT2D eigenvalue weighted by molar-refractivity contribution is -0.131. The summed E-state index contributed by atoms with van der Waals surface area (Å²) in [5, 5.41) is 5.30. The summed E-state index contributed by atoms with van der Waals surface area (Å²) in [7, 11) is 1.57. The van der Waals surface area contributed by atoms with E-state index in [9.17, 15) is 14.4 Å². The smallest absolute Gasteiger partial charge is 0.325 e. The van der Waals surface area contributed by atoms with Gasteiger partial charge in [-0.25, -0.2) is 4.79 Å². The lowest BCUT2D eigenvalue weighted by Crippen LogP contribution is -2.36. The summed E-state index contributed by atoms with van der Waals surface area (Å²) in [6.07, 6.45) is 3.17. The molecule has 1 aromatic heterocycles. The minimum atomic E-state index is -0.854. The molecule has 2 heterocycles. The minimum absolute atomic E-state index is 0.102. The molecule has 1 aliphatic heterocycles. The van der Waals surface area contributed by atoms with Gasteiger partial charge in [0.1, 0.15) is 11.8 Å². The molecule has 1 saturated heterocycles. The van der Waals surface area contributed by atoms with Gasteiger partial charge in [0, 0.05) is 18.9 Å².